The summed E-state index contributed by atoms with van der Waals surface area (Å²) >= 11 is 0. The minimum absolute atomic E-state index is 0.646. The van der Waals surface area contributed by atoms with Crippen LogP contribution in [0.5, 0.6) is 34.5 Å². The van der Waals surface area contributed by atoms with Crippen LogP contribution in [0.15, 0.2) is 182 Å². The predicted octanol–water partition coefficient (Wildman–Crippen LogP) is 15.8. The predicted molar refractivity (Wildman–Crippen MR) is 333 cm³/mol. The van der Waals surface area contributed by atoms with Crippen LogP contribution in [0.25, 0.3) is 129 Å². The lowest BCUT2D eigenvalue weighted by Gasteiger charge is -2.14. The Morgan fingerprint density at radius 1 is 0.250 bits per heavy atom. The third-order valence-electron chi connectivity index (χ3n) is 18.1. The molecule has 16 aromatic rings. The van der Waals surface area contributed by atoms with E-state index in [1.807, 2.05) is 0 Å². The van der Waals surface area contributed by atoms with E-state index in [1.54, 1.807) is 0 Å². The van der Waals surface area contributed by atoms with Gasteiger partial charge in [0.1, 0.15) is 34.5 Å². The first-order valence-electron chi connectivity index (χ1n) is 28.0. The molecule has 0 fully saturated rings. The van der Waals surface area contributed by atoms with Crippen molar-refractivity contribution in [3.05, 3.63) is 199 Å². The summed E-state index contributed by atoms with van der Waals surface area (Å²) in [5, 5.41) is 28.3. The summed E-state index contributed by atoms with van der Waals surface area (Å²) in [6.07, 6.45) is 2.00. The van der Waals surface area contributed by atoms with Crippen LogP contribution in [0.1, 0.15) is 30.5 Å². The minimum Gasteiger partial charge on any atom is -0.519 e. The Kier molecular flexibility index (Phi) is 8.34. The molecule has 0 aromatic heterocycles. The third kappa shape index (κ3) is 5.96. The number of fused-ring (bicyclic) bond motifs is 9. The zero-order chi connectivity index (χ0) is 52.4. The van der Waals surface area contributed by atoms with Gasteiger partial charge in [0.05, 0.1) is 0 Å². The number of aryl methyl sites for hydroxylation is 3. The summed E-state index contributed by atoms with van der Waals surface area (Å²) in [5.41, 5.74) is 6.83. The molecule has 0 unspecified atom stereocenters. The second-order valence-corrected chi connectivity index (χ2v) is 22.8. The Labute approximate surface area is 459 Å². The molecule has 80 heavy (non-hydrogen) atoms. The summed E-state index contributed by atoms with van der Waals surface area (Å²) in [4.78, 5) is 0. The molecule has 0 saturated carbocycles. The van der Waals surface area contributed by atoms with Gasteiger partial charge in [0.15, 0.2) is 0 Å². The smallest absolute Gasteiger partial charge is 0.519 e. The van der Waals surface area contributed by atoms with E-state index in [9.17, 15) is 0 Å². The van der Waals surface area contributed by atoms with Crippen LogP contribution in [-0.4, -0.2) is 21.4 Å². The van der Waals surface area contributed by atoms with Gasteiger partial charge in [-0.2, -0.15) is 0 Å². The van der Waals surface area contributed by atoms with Crippen LogP contribution in [0.3, 0.4) is 0 Å². The molecule has 0 spiro atoms. The molecule has 0 bridgehead atoms. The Morgan fingerprint density at radius 3 is 0.637 bits per heavy atom. The first-order chi connectivity index (χ1) is 39.3. The second-order valence-electron chi connectivity index (χ2n) is 22.8. The molecule has 0 atom stereocenters. The van der Waals surface area contributed by atoms with Crippen molar-refractivity contribution in [2.75, 3.05) is 0 Å². The maximum absolute atomic E-state index is 6.87. The number of hydrogen-bond acceptors (Lipinski definition) is 6. The molecule has 16 aromatic carbocycles. The van der Waals surface area contributed by atoms with Gasteiger partial charge in [0, 0.05) is 16.4 Å². The normalized spacial score (nSPS) is 14.1. The summed E-state index contributed by atoms with van der Waals surface area (Å²) in [5.74, 6) is 4.09. The lowest BCUT2D eigenvalue weighted by Crippen LogP contribution is -2.39. The summed E-state index contributed by atoms with van der Waals surface area (Å²) < 4.78 is 41.2. The van der Waals surface area contributed by atoms with E-state index in [1.165, 1.54) is 103 Å². The molecule has 0 aliphatic carbocycles. The van der Waals surface area contributed by atoms with Crippen molar-refractivity contribution >= 4 is 167 Å². The van der Waals surface area contributed by atoms with Crippen molar-refractivity contribution in [2.24, 2.45) is 0 Å². The highest BCUT2D eigenvalue weighted by molar-refractivity contribution is 6.66. The zero-order valence-electron chi connectivity index (χ0n) is 43.9. The van der Waals surface area contributed by atoms with Crippen molar-refractivity contribution in [3.63, 3.8) is 0 Å². The van der Waals surface area contributed by atoms with Gasteiger partial charge >= 0.3 is 21.4 Å². The fourth-order valence-corrected chi connectivity index (χ4v) is 14.4. The van der Waals surface area contributed by atoms with Gasteiger partial charge in [-0.1, -0.05) is 159 Å². The van der Waals surface area contributed by atoms with Crippen molar-refractivity contribution in [3.8, 4) is 34.5 Å². The van der Waals surface area contributed by atoms with Gasteiger partial charge in [0.2, 0.25) is 0 Å². The molecule has 0 radical (unpaired) electrons. The van der Waals surface area contributed by atoms with Gasteiger partial charge < -0.3 is 27.9 Å². The van der Waals surface area contributed by atoms with Crippen LogP contribution in [0, 0.1) is 6.92 Å². The molecule has 6 nitrogen and oxygen atoms in total. The van der Waals surface area contributed by atoms with Crippen molar-refractivity contribution in [1.82, 2.24) is 0 Å². The lowest BCUT2D eigenvalue weighted by molar-refractivity contribution is 0.518. The molecule has 0 amide bonds. The average molecular weight is 1020 g/mol. The zero-order valence-corrected chi connectivity index (χ0v) is 43.9. The molecular formula is C71H43B3O6. The summed E-state index contributed by atoms with van der Waals surface area (Å²) in [7, 11) is -1.94. The fourth-order valence-electron chi connectivity index (χ4n) is 14.4. The van der Waals surface area contributed by atoms with Crippen molar-refractivity contribution < 1.29 is 27.9 Å². The summed E-state index contributed by atoms with van der Waals surface area (Å²) in [6, 6.07) is 66.9. The topological polar surface area (TPSA) is 55.4 Å². The number of hydrogen-bond donors (Lipinski definition) is 0. The SMILES string of the molecule is CCc1cc2ccc3cc(B4Oc5cc6c7cc8c(cc7c7cc9c(cc7c6cc5O4)OB(c4cc5ccc6cc(CC)cc7ccc(c4)c5c67)O9)OB(c4cc5ccc6cc(C)cc7ccc(c4)c5c67)O8)cc4ccc(c1)c2c34. The highest BCUT2D eigenvalue weighted by Gasteiger charge is 2.40. The fraction of sp³-hybridized carbons (Fsp3) is 0.0704. The van der Waals surface area contributed by atoms with Gasteiger partial charge in [-0.05, 0) is 202 Å². The van der Waals surface area contributed by atoms with E-state index in [0.29, 0.717) is 34.5 Å². The largest absolute Gasteiger partial charge is 0.632 e. The molecule has 372 valence electrons. The van der Waals surface area contributed by atoms with Crippen LogP contribution < -0.4 is 44.3 Å². The van der Waals surface area contributed by atoms with Crippen molar-refractivity contribution in [2.45, 2.75) is 33.6 Å². The van der Waals surface area contributed by atoms with Gasteiger partial charge in [-0.3, -0.25) is 0 Å². The lowest BCUT2D eigenvalue weighted by atomic mass is 9.77. The van der Waals surface area contributed by atoms with Gasteiger partial charge in [-0.25, -0.2) is 0 Å². The third-order valence-corrected chi connectivity index (χ3v) is 18.1. The highest BCUT2D eigenvalue weighted by Crippen LogP contribution is 2.50. The second kappa shape index (κ2) is 15.4. The average Bonchev–Trinajstić information content (AvgIpc) is 4.30. The molecule has 19 rings (SSSR count). The van der Waals surface area contributed by atoms with Crippen LogP contribution in [-0.2, 0) is 12.8 Å². The molecule has 0 N–H and O–H groups in total. The van der Waals surface area contributed by atoms with E-state index in [4.69, 9.17) is 27.9 Å². The molecule has 0 saturated heterocycles. The molecule has 3 heterocycles. The first-order valence-corrected chi connectivity index (χ1v) is 28.0. The molecule has 3 aliphatic heterocycles. The van der Waals surface area contributed by atoms with Crippen LogP contribution in [0.2, 0.25) is 0 Å². The number of benzene rings is 16. The maximum atomic E-state index is 6.87. The van der Waals surface area contributed by atoms with Crippen LogP contribution >= 0.6 is 0 Å². The monoisotopic (exact) mass is 1020 g/mol. The molecule has 9 heteroatoms. The quantitative estimate of drug-likeness (QED) is 0.126. The Hall–Kier alpha value is -9.59. The minimum atomic E-state index is -0.646. The van der Waals surface area contributed by atoms with E-state index in [0.717, 1.165) is 72.3 Å². The van der Waals surface area contributed by atoms with E-state index >= 15 is 0 Å². The Bertz CT molecular complexity index is 5000. The van der Waals surface area contributed by atoms with E-state index in [-0.39, 0.29) is 0 Å². The first kappa shape index (κ1) is 43.4. The Morgan fingerprint density at radius 2 is 0.438 bits per heavy atom. The van der Waals surface area contributed by atoms with E-state index < -0.39 is 21.4 Å². The standard InChI is InChI=1S/C71H43B3O6/c1-4-37-20-41-8-14-47-26-52(27-48-15-9-42(21-37)67(41)70(47)48)73-77-62-32-56-54-30-60-61(76-72(75-60)51-24-45-12-6-39-18-36(3)19-40-7-13-46(25-51)69(45)66(39)40)31-55(54)57-33-63-65(35-59(57)58(56)34-64(62)79-73)80-74(78-63)53-28-49-16-10-43-22-38(5-2)23-44-11-17-50(29-53)71(49)68(43)44/h6-35H,4-5H2,1-3H3. The maximum Gasteiger partial charge on any atom is 0.632 e. The highest BCUT2D eigenvalue weighted by atomic mass is 16.6. The molecule has 3 aliphatic rings. The van der Waals surface area contributed by atoms with Crippen molar-refractivity contribution in [1.29, 1.82) is 0 Å². The Balaban J connectivity index is 0.744. The van der Waals surface area contributed by atoms with Gasteiger partial charge in [-0.15, -0.1) is 0 Å². The summed E-state index contributed by atoms with van der Waals surface area (Å²) in [6.45, 7) is 6.59. The van der Waals surface area contributed by atoms with Gasteiger partial charge in [0.25, 0.3) is 0 Å². The van der Waals surface area contributed by atoms with Crippen LogP contribution in [0.4, 0.5) is 0 Å². The van der Waals surface area contributed by atoms with E-state index in [2.05, 4.69) is 203 Å². The molecular weight excluding hydrogens is 981 g/mol. The number of rotatable bonds is 5.